The molecule has 4 N–H and O–H groups in total. The zero-order valence-electron chi connectivity index (χ0n) is 15.6. The molecule has 1 aliphatic rings. The van der Waals surface area contributed by atoms with Crippen molar-refractivity contribution in [2.45, 2.75) is 17.8 Å². The van der Waals surface area contributed by atoms with Crippen LogP contribution in [0.3, 0.4) is 0 Å². The molecule has 2 amide bonds. The van der Waals surface area contributed by atoms with Crippen LogP contribution < -0.4 is 10.6 Å². The van der Waals surface area contributed by atoms with Gasteiger partial charge in [-0.2, -0.15) is 0 Å². The van der Waals surface area contributed by atoms with Crippen molar-refractivity contribution in [3.8, 4) is 0 Å². The van der Waals surface area contributed by atoms with Crippen molar-refractivity contribution >= 4 is 46.6 Å². The number of rotatable bonds is 6. The van der Waals surface area contributed by atoms with Crippen molar-refractivity contribution in [2.75, 3.05) is 19.7 Å². The third-order valence-corrected chi connectivity index (χ3v) is 5.55. The highest BCUT2D eigenvalue weighted by Gasteiger charge is 2.48. The van der Waals surface area contributed by atoms with Gasteiger partial charge in [-0.1, -0.05) is 53.0 Å². The van der Waals surface area contributed by atoms with Gasteiger partial charge in [0, 0.05) is 17.1 Å². The average molecular weight is 474 g/mol. The molecule has 1 heterocycles. The van der Waals surface area contributed by atoms with Crippen molar-refractivity contribution in [1.29, 1.82) is 0 Å². The van der Waals surface area contributed by atoms with Gasteiger partial charge in [-0.15, -0.1) is 0 Å². The summed E-state index contributed by atoms with van der Waals surface area (Å²) < 4.78 is 5.43. The summed E-state index contributed by atoms with van der Waals surface area (Å²) in [7, 11) is 0. The lowest BCUT2D eigenvalue weighted by Gasteiger charge is -2.26. The number of halogens is 3. The van der Waals surface area contributed by atoms with Gasteiger partial charge < -0.3 is 25.6 Å². The average Bonchev–Trinajstić information content (AvgIpc) is 2.99. The van der Waals surface area contributed by atoms with E-state index in [1.54, 1.807) is 30.3 Å². The Balaban J connectivity index is 1.56. The number of benzene rings is 2. The quantitative estimate of drug-likeness (QED) is 0.515. The number of amides is 2. The molecule has 0 radical (unpaired) electrons. The lowest BCUT2D eigenvalue weighted by molar-refractivity contribution is -0.0464. The summed E-state index contributed by atoms with van der Waals surface area (Å²) in [4.78, 5) is 24.6. The zero-order chi connectivity index (χ0) is 21.9. The van der Waals surface area contributed by atoms with Gasteiger partial charge in [-0.25, -0.2) is 0 Å². The summed E-state index contributed by atoms with van der Waals surface area (Å²) in [6, 6.07) is 11.3. The molecule has 1 aliphatic heterocycles. The molecule has 0 spiro atoms. The van der Waals surface area contributed by atoms with Crippen LogP contribution in [0.4, 0.5) is 0 Å². The van der Waals surface area contributed by atoms with E-state index in [1.807, 2.05) is 0 Å². The van der Waals surface area contributed by atoms with E-state index in [4.69, 9.17) is 39.5 Å². The third-order valence-electron chi connectivity index (χ3n) is 4.74. The largest absolute Gasteiger partial charge is 0.387 e. The molecule has 0 saturated carbocycles. The Morgan fingerprint density at radius 1 is 1.07 bits per heavy atom. The highest BCUT2D eigenvalue weighted by Crippen LogP contribution is 2.29. The van der Waals surface area contributed by atoms with E-state index < -0.39 is 23.7 Å². The van der Waals surface area contributed by atoms with E-state index in [-0.39, 0.29) is 41.2 Å². The van der Waals surface area contributed by atoms with Crippen LogP contribution >= 0.6 is 34.8 Å². The van der Waals surface area contributed by atoms with Crippen molar-refractivity contribution in [2.24, 2.45) is 0 Å². The molecular formula is C20H19Cl3N2O5. The monoisotopic (exact) mass is 472 g/mol. The molecule has 2 aromatic carbocycles. The number of hydrogen-bond donors (Lipinski definition) is 4. The minimum Gasteiger partial charge on any atom is -0.387 e. The van der Waals surface area contributed by atoms with Crippen LogP contribution in [-0.4, -0.2) is 59.5 Å². The summed E-state index contributed by atoms with van der Waals surface area (Å²) in [5.41, 5.74) is -1.23. The van der Waals surface area contributed by atoms with E-state index >= 15 is 0 Å². The summed E-state index contributed by atoms with van der Waals surface area (Å²) in [6.07, 6.45) is -2.23. The molecule has 30 heavy (non-hydrogen) atoms. The Bertz CT molecular complexity index is 920. The topological polar surface area (TPSA) is 108 Å². The first-order chi connectivity index (χ1) is 14.2. The molecule has 0 bridgehead atoms. The number of carbonyl (C=O) groups is 2. The van der Waals surface area contributed by atoms with E-state index in [9.17, 15) is 19.8 Å². The van der Waals surface area contributed by atoms with Crippen molar-refractivity contribution in [3.63, 3.8) is 0 Å². The molecule has 1 fully saturated rings. The molecule has 0 aromatic heterocycles. The first-order valence-corrected chi connectivity index (χ1v) is 10.1. The minimum absolute atomic E-state index is 0.0422. The number of aliphatic hydroxyl groups excluding tert-OH is 1. The van der Waals surface area contributed by atoms with Gasteiger partial charge in [-0.3, -0.25) is 9.59 Å². The Morgan fingerprint density at radius 2 is 1.70 bits per heavy atom. The smallest absolute Gasteiger partial charge is 0.254 e. The highest BCUT2D eigenvalue weighted by molar-refractivity contribution is 6.42. The molecule has 3 rings (SSSR count). The third kappa shape index (κ3) is 5.06. The molecule has 7 nitrogen and oxygen atoms in total. The standard InChI is InChI=1S/C20H19Cl3N2O5/c21-12-6-13(22)16(14(23)7-12)19(28)24-8-15-17(26)20(29,10-30-15)9-25-18(27)11-4-2-1-3-5-11/h1-7,15,17,26,29H,8-10H2,(H,24,28)(H,25,27)/t15-,17?,20+/m1/s1. The van der Waals surface area contributed by atoms with Crippen molar-refractivity contribution < 1.29 is 24.5 Å². The Morgan fingerprint density at radius 3 is 2.33 bits per heavy atom. The number of hydrogen-bond acceptors (Lipinski definition) is 5. The predicted molar refractivity (Wildman–Crippen MR) is 113 cm³/mol. The summed E-state index contributed by atoms with van der Waals surface area (Å²) in [6.45, 7) is -0.544. The first kappa shape index (κ1) is 22.8. The Kier molecular flexibility index (Phi) is 7.23. The number of ether oxygens (including phenoxy) is 1. The molecular weight excluding hydrogens is 455 g/mol. The lowest BCUT2D eigenvalue weighted by atomic mass is 9.96. The Hall–Kier alpha value is -1.87. The predicted octanol–water partition coefficient (Wildman–Crippen LogP) is 2.30. The molecule has 2 aromatic rings. The lowest BCUT2D eigenvalue weighted by Crippen LogP contribution is -2.53. The van der Waals surface area contributed by atoms with Crippen molar-refractivity contribution in [1.82, 2.24) is 10.6 Å². The highest BCUT2D eigenvalue weighted by atomic mass is 35.5. The maximum atomic E-state index is 12.4. The first-order valence-electron chi connectivity index (χ1n) is 8.99. The number of carbonyl (C=O) groups excluding carboxylic acids is 2. The van der Waals surface area contributed by atoms with Gasteiger partial charge >= 0.3 is 0 Å². The van der Waals surface area contributed by atoms with Crippen LogP contribution in [0.1, 0.15) is 20.7 Å². The second-order valence-corrected chi connectivity index (χ2v) is 8.15. The fourth-order valence-corrected chi connectivity index (χ4v) is 4.05. The van der Waals surface area contributed by atoms with Crippen LogP contribution in [0.5, 0.6) is 0 Å². The van der Waals surface area contributed by atoms with E-state index in [1.165, 1.54) is 12.1 Å². The van der Waals surface area contributed by atoms with E-state index in [2.05, 4.69) is 10.6 Å². The number of aliphatic hydroxyl groups is 2. The normalized spacial score (nSPS) is 23.2. The Labute approximate surface area is 187 Å². The molecule has 0 aliphatic carbocycles. The summed E-state index contributed by atoms with van der Waals surface area (Å²) in [5, 5.41) is 26.7. The second-order valence-electron chi connectivity index (χ2n) is 6.90. The van der Waals surface area contributed by atoms with E-state index in [0.29, 0.717) is 10.6 Å². The van der Waals surface area contributed by atoms with Crippen LogP contribution in [0.25, 0.3) is 0 Å². The summed E-state index contributed by atoms with van der Waals surface area (Å²) >= 11 is 17.9. The second kappa shape index (κ2) is 9.51. The molecule has 10 heteroatoms. The van der Waals surface area contributed by atoms with Crippen molar-refractivity contribution in [3.05, 3.63) is 68.7 Å². The maximum Gasteiger partial charge on any atom is 0.254 e. The maximum absolute atomic E-state index is 12.4. The molecule has 160 valence electrons. The van der Waals surface area contributed by atoms with Gasteiger partial charge in [0.1, 0.15) is 17.8 Å². The van der Waals surface area contributed by atoms with Gasteiger partial charge in [0.25, 0.3) is 11.8 Å². The van der Waals surface area contributed by atoms with Gasteiger partial charge in [0.2, 0.25) is 0 Å². The summed E-state index contributed by atoms with van der Waals surface area (Å²) in [5.74, 6) is -0.967. The molecule has 1 unspecified atom stereocenters. The fourth-order valence-electron chi connectivity index (χ4n) is 3.07. The van der Waals surface area contributed by atoms with E-state index in [0.717, 1.165) is 0 Å². The van der Waals surface area contributed by atoms with Gasteiger partial charge in [-0.05, 0) is 24.3 Å². The van der Waals surface area contributed by atoms with Gasteiger partial charge in [0.15, 0.2) is 0 Å². The SMILES string of the molecule is O=C(NC[C@]1(O)CO[C@H](CNC(=O)c2c(Cl)cc(Cl)cc2Cl)C1O)c1ccccc1. The van der Waals surface area contributed by atoms with Crippen LogP contribution in [-0.2, 0) is 4.74 Å². The van der Waals surface area contributed by atoms with Crippen LogP contribution in [0.2, 0.25) is 15.1 Å². The molecule has 3 atom stereocenters. The minimum atomic E-state index is -1.70. The van der Waals surface area contributed by atoms with Gasteiger partial charge in [0.05, 0.1) is 28.8 Å². The van der Waals surface area contributed by atoms with Crippen LogP contribution in [0, 0.1) is 0 Å². The fraction of sp³-hybridized carbons (Fsp3) is 0.300. The molecule has 1 saturated heterocycles. The van der Waals surface area contributed by atoms with Crippen LogP contribution in [0.15, 0.2) is 42.5 Å². The number of nitrogens with one attached hydrogen (secondary N) is 2. The zero-order valence-corrected chi connectivity index (χ0v) is 17.8.